The number of carbonyl (C=O) groups is 1. The van der Waals surface area contributed by atoms with Gasteiger partial charge in [0.05, 0.1) is 20.1 Å². The zero-order chi connectivity index (χ0) is 12.4. The second-order valence-corrected chi connectivity index (χ2v) is 4.14. The third kappa shape index (κ3) is 1.93. The van der Waals surface area contributed by atoms with Crippen molar-refractivity contribution in [2.24, 2.45) is 0 Å². The van der Waals surface area contributed by atoms with E-state index in [0.717, 1.165) is 17.6 Å². The molecule has 0 N–H and O–H groups in total. The molecular formula is C14H16O3. The van der Waals surface area contributed by atoms with Crippen molar-refractivity contribution in [3.05, 3.63) is 35.9 Å². The first-order valence-corrected chi connectivity index (χ1v) is 5.60. The highest BCUT2D eigenvalue weighted by Crippen LogP contribution is 2.42. The predicted molar refractivity (Wildman–Crippen MR) is 65.7 cm³/mol. The lowest BCUT2D eigenvalue weighted by Gasteiger charge is -2.17. The Hall–Kier alpha value is -1.77. The summed E-state index contributed by atoms with van der Waals surface area (Å²) in [6, 6.07) is 5.60. The Morgan fingerprint density at radius 1 is 1.24 bits per heavy atom. The van der Waals surface area contributed by atoms with Crippen molar-refractivity contribution in [1.29, 1.82) is 0 Å². The van der Waals surface area contributed by atoms with Crippen LogP contribution in [0.4, 0.5) is 0 Å². The number of carbonyl (C=O) groups excluding carboxylic acids is 1. The Kier molecular flexibility index (Phi) is 3.18. The van der Waals surface area contributed by atoms with Crippen LogP contribution in [0, 0.1) is 0 Å². The van der Waals surface area contributed by atoms with Gasteiger partial charge in [-0.25, -0.2) is 0 Å². The molecule has 1 saturated carbocycles. The van der Waals surface area contributed by atoms with Crippen LogP contribution in [0.3, 0.4) is 0 Å². The number of Topliss-reactive ketones (excluding diaryl/α,β-unsaturated/α-hetero) is 1. The molecule has 0 radical (unpaired) electrons. The Morgan fingerprint density at radius 2 is 2.00 bits per heavy atom. The molecule has 1 unspecified atom stereocenters. The summed E-state index contributed by atoms with van der Waals surface area (Å²) in [6.07, 6.45) is 1.34. The lowest BCUT2D eigenvalue weighted by Crippen LogP contribution is -2.08. The smallest absolute Gasteiger partial charge is 0.164 e. The summed E-state index contributed by atoms with van der Waals surface area (Å²) in [5, 5.41) is 0. The fraction of sp³-hybridized carbons (Fsp3) is 0.357. The number of allylic oxidation sites excluding steroid dienone is 1. The van der Waals surface area contributed by atoms with Gasteiger partial charge >= 0.3 is 0 Å². The van der Waals surface area contributed by atoms with Crippen molar-refractivity contribution in [2.45, 2.75) is 18.8 Å². The number of ketones is 1. The van der Waals surface area contributed by atoms with E-state index in [4.69, 9.17) is 9.47 Å². The van der Waals surface area contributed by atoms with Gasteiger partial charge in [0.25, 0.3) is 0 Å². The van der Waals surface area contributed by atoms with Gasteiger partial charge in [0.15, 0.2) is 11.5 Å². The molecule has 3 nitrogen and oxygen atoms in total. The number of hydrogen-bond donors (Lipinski definition) is 0. The highest BCUT2D eigenvalue weighted by molar-refractivity contribution is 5.92. The minimum absolute atomic E-state index is 0.210. The molecule has 17 heavy (non-hydrogen) atoms. The average Bonchev–Trinajstić information content (AvgIpc) is 2.68. The standard InChI is InChI=1S/C14H16O3/c1-9-7-8-11(15)13(9)10-5-4-6-12(16-2)14(10)17-3/h4-6,13H,1,7-8H2,2-3H3. The van der Waals surface area contributed by atoms with Crippen molar-refractivity contribution in [3.63, 3.8) is 0 Å². The van der Waals surface area contributed by atoms with E-state index < -0.39 is 0 Å². The van der Waals surface area contributed by atoms with Crippen LogP contribution in [0.15, 0.2) is 30.4 Å². The molecule has 1 atom stereocenters. The molecule has 1 aromatic rings. The molecule has 0 aliphatic heterocycles. The van der Waals surface area contributed by atoms with Crippen LogP contribution in [0.25, 0.3) is 0 Å². The maximum atomic E-state index is 11.9. The van der Waals surface area contributed by atoms with E-state index in [9.17, 15) is 4.79 Å². The highest BCUT2D eigenvalue weighted by atomic mass is 16.5. The fourth-order valence-electron chi connectivity index (χ4n) is 2.33. The van der Waals surface area contributed by atoms with Gasteiger partial charge in [0, 0.05) is 12.0 Å². The summed E-state index contributed by atoms with van der Waals surface area (Å²) >= 11 is 0. The van der Waals surface area contributed by atoms with Crippen LogP contribution in [-0.2, 0) is 4.79 Å². The van der Waals surface area contributed by atoms with Crippen molar-refractivity contribution in [2.75, 3.05) is 14.2 Å². The zero-order valence-corrected chi connectivity index (χ0v) is 10.2. The quantitative estimate of drug-likeness (QED) is 0.752. The monoisotopic (exact) mass is 232 g/mol. The molecule has 1 aromatic carbocycles. The van der Waals surface area contributed by atoms with Gasteiger partial charge in [0.1, 0.15) is 5.78 Å². The second-order valence-electron chi connectivity index (χ2n) is 4.14. The number of benzene rings is 1. The Bertz CT molecular complexity index is 447. The van der Waals surface area contributed by atoms with Crippen LogP contribution < -0.4 is 9.47 Å². The summed E-state index contributed by atoms with van der Waals surface area (Å²) in [7, 11) is 3.18. The van der Waals surface area contributed by atoms with E-state index in [-0.39, 0.29) is 11.7 Å². The Balaban J connectivity index is 2.51. The van der Waals surface area contributed by atoms with E-state index in [0.29, 0.717) is 17.9 Å². The van der Waals surface area contributed by atoms with E-state index in [1.54, 1.807) is 14.2 Å². The van der Waals surface area contributed by atoms with Crippen LogP contribution in [0.2, 0.25) is 0 Å². The lowest BCUT2D eigenvalue weighted by atomic mass is 9.92. The van der Waals surface area contributed by atoms with Crippen molar-refractivity contribution in [1.82, 2.24) is 0 Å². The van der Waals surface area contributed by atoms with Crippen LogP contribution in [-0.4, -0.2) is 20.0 Å². The minimum atomic E-state index is -0.236. The van der Waals surface area contributed by atoms with Crippen molar-refractivity contribution in [3.8, 4) is 11.5 Å². The van der Waals surface area contributed by atoms with Crippen molar-refractivity contribution < 1.29 is 14.3 Å². The molecule has 1 aliphatic carbocycles. The van der Waals surface area contributed by atoms with Gasteiger partial charge in [-0.15, -0.1) is 0 Å². The van der Waals surface area contributed by atoms with E-state index in [1.807, 2.05) is 18.2 Å². The Labute approximate surface area is 101 Å². The van der Waals surface area contributed by atoms with Gasteiger partial charge < -0.3 is 9.47 Å². The number of rotatable bonds is 3. The summed E-state index contributed by atoms with van der Waals surface area (Å²) in [4.78, 5) is 11.9. The predicted octanol–water partition coefficient (Wildman–Crippen LogP) is 2.71. The summed E-state index contributed by atoms with van der Waals surface area (Å²) in [6.45, 7) is 3.98. The molecule has 2 rings (SSSR count). The van der Waals surface area contributed by atoms with Gasteiger partial charge in [-0.2, -0.15) is 0 Å². The minimum Gasteiger partial charge on any atom is -0.493 e. The van der Waals surface area contributed by atoms with E-state index in [2.05, 4.69) is 6.58 Å². The molecule has 0 amide bonds. The van der Waals surface area contributed by atoms with Gasteiger partial charge in [-0.1, -0.05) is 24.3 Å². The molecule has 0 saturated heterocycles. The molecule has 0 bridgehead atoms. The highest BCUT2D eigenvalue weighted by Gasteiger charge is 2.32. The number of hydrogen-bond acceptors (Lipinski definition) is 3. The molecule has 90 valence electrons. The number of para-hydroxylation sites is 1. The molecular weight excluding hydrogens is 216 g/mol. The summed E-state index contributed by atoms with van der Waals surface area (Å²) in [5.74, 6) is 1.26. The van der Waals surface area contributed by atoms with Gasteiger partial charge in [0.2, 0.25) is 0 Å². The average molecular weight is 232 g/mol. The largest absolute Gasteiger partial charge is 0.493 e. The maximum Gasteiger partial charge on any atom is 0.164 e. The van der Waals surface area contributed by atoms with Gasteiger partial charge in [-0.05, 0) is 12.5 Å². The second kappa shape index (κ2) is 4.62. The van der Waals surface area contributed by atoms with Crippen LogP contribution >= 0.6 is 0 Å². The molecule has 0 spiro atoms. The van der Waals surface area contributed by atoms with E-state index >= 15 is 0 Å². The van der Waals surface area contributed by atoms with Gasteiger partial charge in [-0.3, -0.25) is 4.79 Å². The first-order valence-electron chi connectivity index (χ1n) is 5.60. The third-order valence-corrected chi connectivity index (χ3v) is 3.17. The fourth-order valence-corrected chi connectivity index (χ4v) is 2.33. The first-order chi connectivity index (χ1) is 8.19. The van der Waals surface area contributed by atoms with Crippen LogP contribution in [0.5, 0.6) is 11.5 Å². The topological polar surface area (TPSA) is 35.5 Å². The SMILES string of the molecule is C=C1CCC(=O)C1c1cccc(OC)c1OC. The summed E-state index contributed by atoms with van der Waals surface area (Å²) < 4.78 is 10.6. The lowest BCUT2D eigenvalue weighted by molar-refractivity contribution is -0.118. The molecule has 1 aliphatic rings. The number of ether oxygens (including phenoxy) is 2. The molecule has 0 heterocycles. The number of methoxy groups -OCH3 is 2. The normalized spacial score (nSPS) is 19.5. The Morgan fingerprint density at radius 3 is 2.53 bits per heavy atom. The molecule has 3 heteroatoms. The summed E-state index contributed by atoms with van der Waals surface area (Å²) in [5.41, 5.74) is 1.82. The molecule has 0 aromatic heterocycles. The van der Waals surface area contributed by atoms with Crippen LogP contribution in [0.1, 0.15) is 24.3 Å². The van der Waals surface area contributed by atoms with Crippen molar-refractivity contribution >= 4 is 5.78 Å². The zero-order valence-electron chi connectivity index (χ0n) is 10.2. The molecule has 1 fully saturated rings. The first kappa shape index (κ1) is 11.7. The maximum absolute atomic E-state index is 11.9. The van der Waals surface area contributed by atoms with E-state index in [1.165, 1.54) is 0 Å². The third-order valence-electron chi connectivity index (χ3n) is 3.17.